The normalized spacial score (nSPS) is 46.9. The summed E-state index contributed by atoms with van der Waals surface area (Å²) in [6, 6.07) is 0. The molecule has 114 valence electrons. The molecule has 0 radical (unpaired) electrons. The summed E-state index contributed by atoms with van der Waals surface area (Å²) in [6.07, 6.45) is 6.92. The molecule has 20 heavy (non-hydrogen) atoms. The third-order valence-corrected chi connectivity index (χ3v) is 7.44. The highest BCUT2D eigenvalue weighted by Crippen LogP contribution is 2.70. The maximum atomic E-state index is 12.0. The van der Waals surface area contributed by atoms with Crippen molar-refractivity contribution in [2.45, 2.75) is 72.3 Å². The molecule has 3 saturated carbocycles. The van der Waals surface area contributed by atoms with Crippen LogP contribution in [-0.2, 0) is 9.53 Å². The Bertz CT molecular complexity index is 400. The van der Waals surface area contributed by atoms with Gasteiger partial charge in [0.15, 0.2) is 5.78 Å². The van der Waals surface area contributed by atoms with E-state index in [-0.39, 0.29) is 6.10 Å². The van der Waals surface area contributed by atoms with Gasteiger partial charge in [-0.3, -0.25) is 4.79 Å². The molecule has 0 N–H and O–H groups in total. The fraction of sp³-hybridized carbons (Fsp3) is 0.944. The minimum Gasteiger partial charge on any atom is -0.371 e. The van der Waals surface area contributed by atoms with Crippen molar-refractivity contribution in [2.24, 2.45) is 28.6 Å². The quantitative estimate of drug-likeness (QED) is 0.772. The summed E-state index contributed by atoms with van der Waals surface area (Å²) >= 11 is 0. The van der Waals surface area contributed by atoms with E-state index in [2.05, 4.69) is 20.8 Å². The first-order chi connectivity index (χ1) is 9.40. The van der Waals surface area contributed by atoms with Gasteiger partial charge in [-0.1, -0.05) is 20.8 Å². The zero-order valence-corrected chi connectivity index (χ0v) is 13.6. The van der Waals surface area contributed by atoms with Crippen LogP contribution in [0.25, 0.3) is 0 Å². The molecule has 0 aromatic rings. The van der Waals surface area contributed by atoms with Gasteiger partial charge in [-0.2, -0.15) is 0 Å². The largest absolute Gasteiger partial charge is 0.371 e. The number of ether oxygens (including phenoxy) is 1. The van der Waals surface area contributed by atoms with Crippen LogP contribution in [0.5, 0.6) is 0 Å². The number of ketones is 1. The molecule has 2 unspecified atom stereocenters. The minimum atomic E-state index is -0.107. The zero-order valence-electron chi connectivity index (χ0n) is 13.6. The summed E-state index contributed by atoms with van der Waals surface area (Å²) in [5.74, 6) is 2.77. The van der Waals surface area contributed by atoms with Crippen LogP contribution in [0, 0.1) is 28.6 Å². The Balaban J connectivity index is 1.76. The number of fused-ring (bicyclic) bond motifs is 2. The van der Waals surface area contributed by atoms with Crippen molar-refractivity contribution >= 4 is 5.78 Å². The second-order valence-corrected chi connectivity index (χ2v) is 8.16. The molecule has 3 aliphatic carbocycles. The zero-order chi connectivity index (χ0) is 14.5. The van der Waals surface area contributed by atoms with Crippen molar-refractivity contribution in [3.8, 4) is 0 Å². The second-order valence-electron chi connectivity index (χ2n) is 8.16. The van der Waals surface area contributed by atoms with Crippen molar-refractivity contribution < 1.29 is 9.53 Å². The third kappa shape index (κ3) is 1.90. The Morgan fingerprint density at radius 2 is 1.95 bits per heavy atom. The fourth-order valence-electron chi connectivity index (χ4n) is 5.72. The van der Waals surface area contributed by atoms with Gasteiger partial charge in [-0.25, -0.2) is 0 Å². The molecule has 5 atom stereocenters. The fourth-order valence-corrected chi connectivity index (χ4v) is 5.72. The van der Waals surface area contributed by atoms with E-state index in [4.69, 9.17) is 4.74 Å². The van der Waals surface area contributed by atoms with Crippen molar-refractivity contribution in [3.05, 3.63) is 0 Å². The summed E-state index contributed by atoms with van der Waals surface area (Å²) in [5, 5.41) is 0. The molecule has 3 fully saturated rings. The van der Waals surface area contributed by atoms with E-state index in [1.807, 2.05) is 6.92 Å². The molecule has 2 nitrogen and oxygen atoms in total. The molecule has 0 aromatic heterocycles. The van der Waals surface area contributed by atoms with E-state index < -0.39 is 0 Å². The molecule has 0 amide bonds. The molecule has 0 aliphatic heterocycles. The molecule has 0 aromatic carbocycles. The van der Waals surface area contributed by atoms with E-state index in [0.29, 0.717) is 29.1 Å². The number of hydrogen-bond donors (Lipinski definition) is 0. The predicted octanol–water partition coefficient (Wildman–Crippen LogP) is 4.22. The molecule has 0 saturated heterocycles. The summed E-state index contributed by atoms with van der Waals surface area (Å²) in [7, 11) is 0. The molecular weight excluding hydrogens is 248 g/mol. The van der Waals surface area contributed by atoms with E-state index in [1.54, 1.807) is 0 Å². The Morgan fingerprint density at radius 3 is 2.50 bits per heavy atom. The number of carbonyl (C=O) groups excluding carboxylic acids is 1. The molecular formula is C18H30O2. The Labute approximate surface area is 123 Å². The number of Topliss-reactive ketones (excluding diaryl/α,β-unsaturated/α-hetero) is 1. The van der Waals surface area contributed by atoms with Crippen molar-refractivity contribution in [1.29, 1.82) is 0 Å². The summed E-state index contributed by atoms with van der Waals surface area (Å²) in [6.45, 7) is 10.2. The first kappa shape index (κ1) is 14.6. The van der Waals surface area contributed by atoms with E-state index >= 15 is 0 Å². The lowest BCUT2D eigenvalue weighted by Gasteiger charge is -2.44. The molecule has 2 heteroatoms. The van der Waals surface area contributed by atoms with E-state index in [0.717, 1.165) is 31.1 Å². The van der Waals surface area contributed by atoms with Crippen LogP contribution in [0.3, 0.4) is 0 Å². The topological polar surface area (TPSA) is 26.3 Å². The van der Waals surface area contributed by atoms with Crippen LogP contribution < -0.4 is 0 Å². The van der Waals surface area contributed by atoms with Gasteiger partial charge in [-0.05, 0) is 67.6 Å². The van der Waals surface area contributed by atoms with Gasteiger partial charge < -0.3 is 4.74 Å². The van der Waals surface area contributed by atoms with Gasteiger partial charge in [-0.15, -0.1) is 0 Å². The number of hydrogen-bond acceptors (Lipinski definition) is 2. The highest BCUT2D eigenvalue weighted by atomic mass is 16.5. The van der Waals surface area contributed by atoms with Crippen LogP contribution >= 0.6 is 0 Å². The summed E-state index contributed by atoms with van der Waals surface area (Å²) in [5.41, 5.74) is 0.972. The lowest BCUT2D eigenvalue weighted by atomic mass is 9.61. The maximum Gasteiger partial charge on any atom is 0.161 e. The molecule has 3 aliphatic rings. The molecule has 2 bridgehead atoms. The smallest absolute Gasteiger partial charge is 0.161 e. The van der Waals surface area contributed by atoms with Gasteiger partial charge in [0.25, 0.3) is 0 Å². The molecule has 0 heterocycles. The maximum absolute atomic E-state index is 12.0. The number of carbonyl (C=O) groups is 1. The van der Waals surface area contributed by atoms with Crippen molar-refractivity contribution in [3.63, 3.8) is 0 Å². The van der Waals surface area contributed by atoms with Crippen molar-refractivity contribution in [1.82, 2.24) is 0 Å². The van der Waals surface area contributed by atoms with Gasteiger partial charge in [0.1, 0.15) is 6.10 Å². The van der Waals surface area contributed by atoms with Crippen LogP contribution in [0.2, 0.25) is 0 Å². The molecule has 3 rings (SSSR count). The van der Waals surface area contributed by atoms with E-state index in [9.17, 15) is 4.79 Å². The third-order valence-electron chi connectivity index (χ3n) is 7.44. The van der Waals surface area contributed by atoms with E-state index in [1.165, 1.54) is 19.3 Å². The summed E-state index contributed by atoms with van der Waals surface area (Å²) < 4.78 is 5.70. The Kier molecular flexibility index (Phi) is 3.52. The summed E-state index contributed by atoms with van der Waals surface area (Å²) in [4.78, 5) is 12.0. The Hall–Kier alpha value is -0.370. The highest BCUT2D eigenvalue weighted by molar-refractivity contribution is 5.83. The lowest BCUT2D eigenvalue weighted by molar-refractivity contribution is -0.136. The first-order valence-corrected chi connectivity index (χ1v) is 8.54. The molecule has 0 spiro atoms. The second kappa shape index (κ2) is 4.83. The SMILES string of the molecule is CCOC1CC([C@H]2C[C@@H]3CC[C@@]2(C)C3(C)C)CCC1=O. The first-order valence-electron chi connectivity index (χ1n) is 8.54. The van der Waals surface area contributed by atoms with Crippen LogP contribution in [0.1, 0.15) is 66.2 Å². The van der Waals surface area contributed by atoms with Crippen LogP contribution in [0.15, 0.2) is 0 Å². The van der Waals surface area contributed by atoms with Gasteiger partial charge in [0.05, 0.1) is 0 Å². The van der Waals surface area contributed by atoms with Gasteiger partial charge >= 0.3 is 0 Å². The average molecular weight is 278 g/mol. The number of rotatable bonds is 3. The average Bonchev–Trinajstić information content (AvgIpc) is 2.74. The minimum absolute atomic E-state index is 0.107. The standard InChI is InChI=1S/C18H30O2/c1-5-20-16-10-12(6-7-15(16)19)14-11-13-8-9-18(14,4)17(13,2)3/h12-14,16H,5-11H2,1-4H3/t12?,13-,14+,16?,18+/m0/s1. The van der Waals surface area contributed by atoms with Gasteiger partial charge in [0.2, 0.25) is 0 Å². The van der Waals surface area contributed by atoms with Gasteiger partial charge in [0, 0.05) is 13.0 Å². The van der Waals surface area contributed by atoms with Crippen LogP contribution in [0.4, 0.5) is 0 Å². The van der Waals surface area contributed by atoms with Crippen LogP contribution in [-0.4, -0.2) is 18.5 Å². The van der Waals surface area contributed by atoms with Crippen molar-refractivity contribution in [2.75, 3.05) is 6.61 Å². The lowest BCUT2D eigenvalue weighted by Crippen LogP contribution is -2.41. The predicted molar refractivity (Wildman–Crippen MR) is 80.5 cm³/mol. The monoisotopic (exact) mass is 278 g/mol. The highest BCUT2D eigenvalue weighted by Gasteiger charge is 2.62. The Morgan fingerprint density at radius 1 is 1.20 bits per heavy atom.